The van der Waals surface area contributed by atoms with Crippen LogP contribution in [0, 0.1) is 0 Å². The minimum absolute atomic E-state index is 0.0387. The molecule has 0 radical (unpaired) electrons. The molecule has 0 atom stereocenters. The molecule has 28 rings (SSSR count). The number of hydrogen-bond donors (Lipinski definition) is 0. The topological polar surface area (TPSA) is 36.0 Å². The fraction of sp³-hybridized carbons (Fsp3) is 0.0870. The lowest BCUT2D eigenvalue weighted by molar-refractivity contribution is 0.660. The number of benzene rings is 22. The van der Waals surface area contributed by atoms with Gasteiger partial charge in [-0.25, -0.2) is 0 Å². The van der Waals surface area contributed by atoms with Gasteiger partial charge in [-0.15, -0.1) is 0 Å². The SMILES string of the molecule is CC1(C)c2ccccc2-c2ccc(-c3ccc(N(c4ccc(-c5ccc6ccccc6c5)cc4)c4cccc5c4oc4ccccc45)cc3)cc21.CC1(C)c2ccccc2-c2ccc(N(c3ccc(-c4ccc5ccccc5c4)cc3)c3ccc4c(c3)C(C)(C)c3ccccc3-4)cc21.CC1(C)c2ccccc2-c2ccc(N(c3ccc(-c4ccc5ccccc5c4)cc3)c3cccc4c3oc3ccccc34)cc21. The quantitative estimate of drug-likeness (QED) is 0.115. The Balaban J connectivity index is 0.000000110. The standard InChI is InChI=1S/C49H35NO.C46H37N.C43H31NO/c1-49(2)44-15-7-5-12-40(44)41-29-24-37(31-45(41)49)34-22-27-39(28-23-34)50(46-16-9-14-43-42-13-6-8-17-47(42)51-48(43)46)38-25-20-33(21-26-38)36-19-18-32-10-3-4-11-35(32)30-36;1-45(2)41-15-9-7-13-37(41)39-25-23-35(28-43(39)45)47(36-24-26-40-38-14-8-10-16-42(38)46(3,4)44(40)29-36)34-21-19-31(20-22-34)33-18-17-30-11-5-6-12-32(30)27-33;1-43(2)38-15-7-5-12-34(38)35-25-24-33(27-39(35)43)44(40-16-9-14-37-36-13-6-8-17-41(36)45-42(37)40)32-22-20-29(21-23-32)31-19-18-28-10-3-4-11-30(28)26-31/h3-31H,1-2H3;5-29H,1-4H3;3-27H,1-2H3. The van der Waals surface area contributed by atoms with E-state index >= 15 is 0 Å². The lowest BCUT2D eigenvalue weighted by Crippen LogP contribution is -2.18. The molecule has 4 aliphatic rings. The highest BCUT2D eigenvalue weighted by Crippen LogP contribution is 2.58. The van der Waals surface area contributed by atoms with Crippen molar-refractivity contribution in [3.63, 3.8) is 0 Å². The summed E-state index contributed by atoms with van der Waals surface area (Å²) in [7, 11) is 0. The average molecular weight is 1840 g/mol. The Morgan fingerprint density at radius 3 is 0.727 bits per heavy atom. The molecule has 24 aromatic rings. The van der Waals surface area contributed by atoms with Gasteiger partial charge >= 0.3 is 0 Å². The third-order valence-corrected chi connectivity index (χ3v) is 31.4. The maximum absolute atomic E-state index is 6.58. The molecule has 4 aliphatic carbocycles. The van der Waals surface area contributed by atoms with Crippen LogP contribution in [0.15, 0.2) is 488 Å². The summed E-state index contributed by atoms with van der Waals surface area (Å²) < 4.78 is 13.2. The molecule has 0 unspecified atom stereocenters. The second-order valence-electron chi connectivity index (χ2n) is 41.0. The first-order chi connectivity index (χ1) is 69.9. The number of fused-ring (bicyclic) bond motifs is 21. The van der Waals surface area contributed by atoms with Crippen LogP contribution in [0.5, 0.6) is 0 Å². The summed E-state index contributed by atoms with van der Waals surface area (Å²) in [5, 5.41) is 12.0. The lowest BCUT2D eigenvalue weighted by atomic mass is 9.81. The van der Waals surface area contributed by atoms with Crippen LogP contribution >= 0.6 is 0 Å². The van der Waals surface area contributed by atoms with Gasteiger partial charge < -0.3 is 23.5 Å². The Morgan fingerprint density at radius 2 is 0.385 bits per heavy atom. The maximum Gasteiger partial charge on any atom is 0.159 e. The Labute approximate surface area is 834 Å². The van der Waals surface area contributed by atoms with Crippen molar-refractivity contribution in [1.29, 1.82) is 0 Å². The van der Waals surface area contributed by atoms with Crippen molar-refractivity contribution in [2.24, 2.45) is 0 Å². The highest BCUT2D eigenvalue weighted by atomic mass is 16.3. The van der Waals surface area contributed by atoms with Gasteiger partial charge in [0.1, 0.15) is 11.2 Å². The van der Waals surface area contributed by atoms with Crippen LogP contribution in [0.25, 0.3) is 165 Å². The van der Waals surface area contributed by atoms with Crippen LogP contribution in [0.2, 0.25) is 0 Å². The van der Waals surface area contributed by atoms with Crippen molar-refractivity contribution < 1.29 is 8.83 Å². The second-order valence-corrected chi connectivity index (χ2v) is 41.0. The van der Waals surface area contributed by atoms with E-state index in [0.29, 0.717) is 0 Å². The molecule has 2 heterocycles. The van der Waals surface area contributed by atoms with E-state index in [9.17, 15) is 0 Å². The molecule has 0 saturated heterocycles. The van der Waals surface area contributed by atoms with Gasteiger partial charge in [0.2, 0.25) is 0 Å². The van der Waals surface area contributed by atoms with Crippen LogP contribution < -0.4 is 14.7 Å². The van der Waals surface area contributed by atoms with Crippen molar-refractivity contribution >= 4 is 127 Å². The minimum Gasteiger partial charge on any atom is -0.454 e. The van der Waals surface area contributed by atoms with Crippen LogP contribution in [0.1, 0.15) is 99.9 Å². The lowest BCUT2D eigenvalue weighted by Gasteiger charge is -2.30. The third kappa shape index (κ3) is 14.4. The molecule has 143 heavy (non-hydrogen) atoms. The molecule has 0 saturated carbocycles. The number of anilines is 9. The predicted molar refractivity (Wildman–Crippen MR) is 602 cm³/mol. The van der Waals surface area contributed by atoms with Gasteiger partial charge in [0.15, 0.2) is 11.2 Å². The number of hydrogen-bond acceptors (Lipinski definition) is 5. The van der Waals surface area contributed by atoms with Crippen molar-refractivity contribution in [1.82, 2.24) is 0 Å². The Bertz CT molecular complexity index is 9120. The highest BCUT2D eigenvalue weighted by molar-refractivity contribution is 6.12. The number of nitrogens with zero attached hydrogens (tertiary/aromatic N) is 3. The van der Waals surface area contributed by atoms with Gasteiger partial charge in [0.05, 0.1) is 11.4 Å². The normalized spacial score (nSPS) is 13.7. The smallest absolute Gasteiger partial charge is 0.159 e. The summed E-state index contributed by atoms with van der Waals surface area (Å²) in [4.78, 5) is 7.12. The molecule has 0 fully saturated rings. The van der Waals surface area contributed by atoms with Crippen molar-refractivity contribution in [3.8, 4) is 89.0 Å². The largest absolute Gasteiger partial charge is 0.454 e. The molecule has 0 spiro atoms. The number of rotatable bonds is 13. The monoisotopic (exact) mass is 1830 g/mol. The molecular weight excluding hydrogens is 1730 g/mol. The van der Waals surface area contributed by atoms with E-state index < -0.39 is 0 Å². The van der Waals surface area contributed by atoms with Crippen LogP contribution in [-0.4, -0.2) is 0 Å². The zero-order chi connectivity index (χ0) is 96.1. The molecule has 0 aliphatic heterocycles. The Kier molecular flexibility index (Phi) is 20.3. The molecule has 5 heteroatoms. The summed E-state index contributed by atoms with van der Waals surface area (Å²) in [6.07, 6.45) is 0. The zero-order valence-electron chi connectivity index (χ0n) is 81.3. The van der Waals surface area contributed by atoms with E-state index in [2.05, 4.69) is 531 Å². The van der Waals surface area contributed by atoms with Gasteiger partial charge in [-0.3, -0.25) is 0 Å². The minimum atomic E-state index is -0.0983. The van der Waals surface area contributed by atoms with Gasteiger partial charge in [-0.1, -0.05) is 401 Å². The van der Waals surface area contributed by atoms with E-state index in [1.807, 2.05) is 18.2 Å². The highest BCUT2D eigenvalue weighted by Gasteiger charge is 2.41. The van der Waals surface area contributed by atoms with Gasteiger partial charge in [-0.2, -0.15) is 0 Å². The van der Waals surface area contributed by atoms with E-state index in [0.717, 1.165) is 83.7 Å². The first-order valence-corrected chi connectivity index (χ1v) is 50.0. The molecule has 682 valence electrons. The molecule has 22 aromatic carbocycles. The van der Waals surface area contributed by atoms with Crippen LogP contribution in [0.4, 0.5) is 51.2 Å². The molecule has 5 nitrogen and oxygen atoms in total. The molecule has 0 amide bonds. The fourth-order valence-electron chi connectivity index (χ4n) is 23.8. The summed E-state index contributed by atoms with van der Waals surface area (Å²) in [5.74, 6) is 0. The van der Waals surface area contributed by atoms with Crippen LogP contribution in [-0.2, 0) is 21.7 Å². The third-order valence-electron chi connectivity index (χ3n) is 31.4. The Morgan fingerprint density at radius 1 is 0.154 bits per heavy atom. The van der Waals surface area contributed by atoms with Gasteiger partial charge in [0.25, 0.3) is 0 Å². The molecule has 0 bridgehead atoms. The van der Waals surface area contributed by atoms with Crippen molar-refractivity contribution in [3.05, 3.63) is 524 Å². The van der Waals surface area contributed by atoms with Crippen molar-refractivity contribution in [2.45, 2.75) is 77.0 Å². The average Bonchev–Trinajstić information content (AvgIpc) is 1.58. The van der Waals surface area contributed by atoms with E-state index in [4.69, 9.17) is 8.83 Å². The van der Waals surface area contributed by atoms with E-state index in [-0.39, 0.29) is 21.7 Å². The zero-order valence-corrected chi connectivity index (χ0v) is 81.3. The first-order valence-electron chi connectivity index (χ1n) is 50.0. The summed E-state index contributed by atoms with van der Waals surface area (Å²) >= 11 is 0. The predicted octanol–water partition coefficient (Wildman–Crippen LogP) is 38.6. The molecule has 0 N–H and O–H groups in total. The van der Waals surface area contributed by atoms with Gasteiger partial charge in [-0.05, 0) is 299 Å². The van der Waals surface area contributed by atoms with Crippen LogP contribution in [0.3, 0.4) is 0 Å². The summed E-state index contributed by atoms with van der Waals surface area (Å²) in [5.41, 5.74) is 44.6. The number of para-hydroxylation sites is 4. The second kappa shape index (κ2) is 33.7. The molecule has 2 aromatic heterocycles. The summed E-state index contributed by atoms with van der Waals surface area (Å²) in [6.45, 7) is 18.8. The fourth-order valence-corrected chi connectivity index (χ4v) is 23.8. The van der Waals surface area contributed by atoms with Crippen molar-refractivity contribution in [2.75, 3.05) is 14.7 Å². The van der Waals surface area contributed by atoms with Gasteiger partial charge in [0, 0.05) is 83.0 Å². The summed E-state index contributed by atoms with van der Waals surface area (Å²) in [6, 6.07) is 175. The maximum atomic E-state index is 6.58. The molecular formula is C138H103N3O2. The van der Waals surface area contributed by atoms with E-state index in [1.54, 1.807) is 0 Å². The Hall–Kier alpha value is -17.4. The van der Waals surface area contributed by atoms with E-state index in [1.165, 1.54) is 177 Å². The number of furan rings is 2. The first kappa shape index (κ1) is 86.0.